The third kappa shape index (κ3) is 6.41. The minimum Gasteiger partial charge on any atom is -0.360 e. The molecule has 134 valence electrons. The highest BCUT2D eigenvalue weighted by Crippen LogP contribution is 2.09. The average Bonchev–Trinajstić information content (AvgIpc) is 2.97. The van der Waals surface area contributed by atoms with Crippen LogP contribution in [0.1, 0.15) is 31.6 Å². The van der Waals surface area contributed by atoms with Crippen molar-refractivity contribution in [2.24, 2.45) is 5.92 Å². The lowest BCUT2D eigenvalue weighted by Crippen LogP contribution is -2.40. The van der Waals surface area contributed by atoms with Gasteiger partial charge in [-0.1, -0.05) is 49.3 Å². The number of amides is 2. The minimum atomic E-state index is -0.276. The molecule has 1 heterocycles. The maximum Gasteiger partial charge on any atom is 0.245 e. The number of anilines is 1. The first kappa shape index (κ1) is 18.7. The SMILES string of the molecule is Cc1cc(NC(=O)CN(CC(C)C)C(=O)CCc2ccccc2)no1. The standard InChI is InChI=1S/C19H25N3O3/c1-14(2)12-22(13-18(23)20-17-11-15(3)25-21-17)19(24)10-9-16-7-5-4-6-8-16/h4-8,11,14H,9-10,12-13H2,1-3H3,(H,20,21,23). The molecular formula is C19H25N3O3. The third-order valence-corrected chi connectivity index (χ3v) is 3.64. The van der Waals surface area contributed by atoms with Gasteiger partial charge < -0.3 is 14.7 Å². The van der Waals surface area contributed by atoms with Crippen LogP contribution in [0.3, 0.4) is 0 Å². The molecule has 0 radical (unpaired) electrons. The molecule has 1 aromatic heterocycles. The molecule has 0 aliphatic heterocycles. The lowest BCUT2D eigenvalue weighted by molar-refractivity contribution is -0.135. The van der Waals surface area contributed by atoms with Gasteiger partial charge in [0.25, 0.3) is 0 Å². The molecule has 0 bridgehead atoms. The molecule has 0 saturated heterocycles. The number of aromatic nitrogens is 1. The zero-order valence-electron chi connectivity index (χ0n) is 15.0. The summed E-state index contributed by atoms with van der Waals surface area (Å²) in [6.45, 7) is 6.35. The molecule has 1 N–H and O–H groups in total. The van der Waals surface area contributed by atoms with Crippen LogP contribution < -0.4 is 5.32 Å². The van der Waals surface area contributed by atoms with Gasteiger partial charge in [-0.05, 0) is 24.8 Å². The van der Waals surface area contributed by atoms with Gasteiger partial charge in [-0.3, -0.25) is 9.59 Å². The molecule has 2 amide bonds. The van der Waals surface area contributed by atoms with E-state index in [1.165, 1.54) is 0 Å². The van der Waals surface area contributed by atoms with Crippen molar-refractivity contribution in [2.75, 3.05) is 18.4 Å². The highest BCUT2D eigenvalue weighted by atomic mass is 16.5. The van der Waals surface area contributed by atoms with Crippen LogP contribution in [0.25, 0.3) is 0 Å². The molecule has 25 heavy (non-hydrogen) atoms. The van der Waals surface area contributed by atoms with Gasteiger partial charge in [-0.2, -0.15) is 0 Å². The monoisotopic (exact) mass is 343 g/mol. The fourth-order valence-electron chi connectivity index (χ4n) is 2.53. The second-order valence-corrected chi connectivity index (χ2v) is 6.52. The van der Waals surface area contributed by atoms with Gasteiger partial charge in [-0.25, -0.2) is 0 Å². The van der Waals surface area contributed by atoms with Crippen LogP contribution in [0.5, 0.6) is 0 Å². The van der Waals surface area contributed by atoms with E-state index in [1.54, 1.807) is 17.9 Å². The number of carbonyl (C=O) groups is 2. The Morgan fingerprint density at radius 1 is 1.24 bits per heavy atom. The Labute approximate surface area is 148 Å². The predicted molar refractivity (Wildman–Crippen MR) is 96.1 cm³/mol. The number of aryl methyl sites for hydroxylation is 2. The van der Waals surface area contributed by atoms with Gasteiger partial charge in [0.2, 0.25) is 11.8 Å². The van der Waals surface area contributed by atoms with Crippen molar-refractivity contribution in [1.82, 2.24) is 10.1 Å². The summed E-state index contributed by atoms with van der Waals surface area (Å²) in [5.74, 6) is 0.964. The zero-order valence-corrected chi connectivity index (χ0v) is 15.0. The van der Waals surface area contributed by atoms with Crippen molar-refractivity contribution in [2.45, 2.75) is 33.6 Å². The van der Waals surface area contributed by atoms with Crippen LogP contribution >= 0.6 is 0 Å². The number of hydrogen-bond acceptors (Lipinski definition) is 4. The van der Waals surface area contributed by atoms with Crippen molar-refractivity contribution in [3.8, 4) is 0 Å². The van der Waals surface area contributed by atoms with Crippen LogP contribution in [0.15, 0.2) is 40.9 Å². The normalized spacial score (nSPS) is 10.7. The van der Waals surface area contributed by atoms with Crippen LogP contribution in [0.2, 0.25) is 0 Å². The van der Waals surface area contributed by atoms with Gasteiger partial charge in [0.15, 0.2) is 5.82 Å². The number of nitrogens with one attached hydrogen (secondary N) is 1. The second kappa shape index (κ2) is 9.01. The van der Waals surface area contributed by atoms with E-state index >= 15 is 0 Å². The van der Waals surface area contributed by atoms with E-state index in [0.29, 0.717) is 31.0 Å². The first-order chi connectivity index (χ1) is 11.9. The summed E-state index contributed by atoms with van der Waals surface area (Å²) in [6.07, 6.45) is 1.05. The average molecular weight is 343 g/mol. The summed E-state index contributed by atoms with van der Waals surface area (Å²) < 4.78 is 4.92. The molecule has 2 aromatic rings. The molecular weight excluding hydrogens is 318 g/mol. The number of benzene rings is 1. The summed E-state index contributed by atoms with van der Waals surface area (Å²) >= 11 is 0. The molecule has 1 aromatic carbocycles. The third-order valence-electron chi connectivity index (χ3n) is 3.64. The molecule has 0 atom stereocenters. The Kier molecular flexibility index (Phi) is 6.74. The van der Waals surface area contributed by atoms with Crippen LogP contribution in [-0.4, -0.2) is 35.0 Å². The van der Waals surface area contributed by atoms with E-state index in [0.717, 1.165) is 5.56 Å². The summed E-state index contributed by atoms with van der Waals surface area (Å²) in [7, 11) is 0. The minimum absolute atomic E-state index is 0.0116. The van der Waals surface area contributed by atoms with E-state index in [-0.39, 0.29) is 24.3 Å². The second-order valence-electron chi connectivity index (χ2n) is 6.52. The fraction of sp³-hybridized carbons (Fsp3) is 0.421. The summed E-state index contributed by atoms with van der Waals surface area (Å²) in [5.41, 5.74) is 1.11. The maximum atomic E-state index is 12.6. The molecule has 0 spiro atoms. The van der Waals surface area contributed by atoms with E-state index in [4.69, 9.17) is 4.52 Å². The molecule has 0 unspecified atom stereocenters. The fourth-order valence-corrected chi connectivity index (χ4v) is 2.53. The Bertz CT molecular complexity index is 695. The number of nitrogens with zero attached hydrogens (tertiary/aromatic N) is 2. The first-order valence-corrected chi connectivity index (χ1v) is 8.49. The zero-order chi connectivity index (χ0) is 18.2. The molecule has 6 heteroatoms. The summed E-state index contributed by atoms with van der Waals surface area (Å²) in [5, 5.41) is 6.39. The Hall–Kier alpha value is -2.63. The smallest absolute Gasteiger partial charge is 0.245 e. The van der Waals surface area contributed by atoms with Crippen molar-refractivity contribution in [3.63, 3.8) is 0 Å². The van der Waals surface area contributed by atoms with E-state index in [1.807, 2.05) is 44.2 Å². The Morgan fingerprint density at radius 2 is 1.96 bits per heavy atom. The van der Waals surface area contributed by atoms with E-state index in [2.05, 4.69) is 10.5 Å². The van der Waals surface area contributed by atoms with Crippen LogP contribution in [0, 0.1) is 12.8 Å². The first-order valence-electron chi connectivity index (χ1n) is 8.49. The van der Waals surface area contributed by atoms with Crippen molar-refractivity contribution >= 4 is 17.6 Å². The molecule has 0 saturated carbocycles. The Balaban J connectivity index is 1.92. The van der Waals surface area contributed by atoms with Crippen molar-refractivity contribution in [1.29, 1.82) is 0 Å². The largest absolute Gasteiger partial charge is 0.360 e. The molecule has 2 rings (SSSR count). The Morgan fingerprint density at radius 3 is 2.56 bits per heavy atom. The molecule has 0 fully saturated rings. The van der Waals surface area contributed by atoms with Gasteiger partial charge >= 0.3 is 0 Å². The number of hydrogen-bond donors (Lipinski definition) is 1. The molecule has 0 aliphatic rings. The van der Waals surface area contributed by atoms with Gasteiger partial charge in [0.05, 0.1) is 6.54 Å². The summed E-state index contributed by atoms with van der Waals surface area (Å²) in [4.78, 5) is 26.4. The van der Waals surface area contributed by atoms with Crippen LogP contribution in [-0.2, 0) is 16.0 Å². The van der Waals surface area contributed by atoms with E-state index < -0.39 is 0 Å². The van der Waals surface area contributed by atoms with Crippen molar-refractivity contribution in [3.05, 3.63) is 47.7 Å². The molecule has 0 aliphatic carbocycles. The topological polar surface area (TPSA) is 75.4 Å². The van der Waals surface area contributed by atoms with Gasteiger partial charge in [0, 0.05) is 19.0 Å². The van der Waals surface area contributed by atoms with Crippen molar-refractivity contribution < 1.29 is 14.1 Å². The molecule has 6 nitrogen and oxygen atoms in total. The van der Waals surface area contributed by atoms with Crippen LogP contribution in [0.4, 0.5) is 5.82 Å². The maximum absolute atomic E-state index is 12.6. The quantitative estimate of drug-likeness (QED) is 0.799. The lowest BCUT2D eigenvalue weighted by atomic mass is 10.1. The number of carbonyl (C=O) groups excluding carboxylic acids is 2. The highest BCUT2D eigenvalue weighted by molar-refractivity contribution is 5.93. The van der Waals surface area contributed by atoms with E-state index in [9.17, 15) is 9.59 Å². The highest BCUT2D eigenvalue weighted by Gasteiger charge is 2.19. The predicted octanol–water partition coefficient (Wildman–Crippen LogP) is 3.04. The van der Waals surface area contributed by atoms with Gasteiger partial charge in [-0.15, -0.1) is 0 Å². The summed E-state index contributed by atoms with van der Waals surface area (Å²) in [6, 6.07) is 11.5. The lowest BCUT2D eigenvalue weighted by Gasteiger charge is -2.24. The van der Waals surface area contributed by atoms with Gasteiger partial charge in [0.1, 0.15) is 5.76 Å². The number of rotatable bonds is 8.